The molecule has 5 aromatic rings. The second kappa shape index (κ2) is 11.0. The molecule has 0 spiro atoms. The second-order valence-electron chi connectivity index (χ2n) is 8.38. The summed E-state index contributed by atoms with van der Waals surface area (Å²) in [5.41, 5.74) is 4.31. The van der Waals surface area contributed by atoms with E-state index in [0.29, 0.717) is 10.8 Å². The van der Waals surface area contributed by atoms with Crippen molar-refractivity contribution in [2.45, 2.75) is 11.8 Å². The lowest BCUT2D eigenvalue weighted by atomic mass is 10.1. The summed E-state index contributed by atoms with van der Waals surface area (Å²) < 4.78 is 43.7. The number of carbonyl (C=O) groups is 1. The van der Waals surface area contributed by atoms with E-state index in [0.717, 1.165) is 34.6 Å². The average Bonchev–Trinajstić information content (AvgIpc) is 3.40. The molecule has 0 bridgehead atoms. The van der Waals surface area contributed by atoms with E-state index in [4.69, 9.17) is 4.18 Å². The minimum Gasteiger partial charge on any atom is -0.379 e. The molecule has 5 rings (SSSR count). The number of hydrogen-bond donors (Lipinski definition) is 2. The average molecular weight is 561 g/mol. The summed E-state index contributed by atoms with van der Waals surface area (Å²) >= 11 is 1.46. The fourth-order valence-electron chi connectivity index (χ4n) is 3.61. The largest absolute Gasteiger partial charge is 0.379 e. The molecule has 2 N–H and O–H groups in total. The van der Waals surface area contributed by atoms with Crippen LogP contribution in [0, 0.1) is 12.7 Å². The summed E-state index contributed by atoms with van der Waals surface area (Å²) in [6, 6.07) is 19.7. The molecule has 2 heterocycles. The van der Waals surface area contributed by atoms with E-state index in [1.807, 2.05) is 30.5 Å². The molecule has 0 aliphatic carbocycles. The second-order valence-corrected chi connectivity index (χ2v) is 10.8. The SMILES string of the molecule is Cc1ccc(NC(=O)c2ccc(OS(=O)(=O)c3ccccc3F)cc2)cc1Nc1nc(-c2cccnc2)cs1. The van der Waals surface area contributed by atoms with Crippen molar-refractivity contribution >= 4 is 43.9 Å². The van der Waals surface area contributed by atoms with Gasteiger partial charge in [-0.1, -0.05) is 18.2 Å². The maximum Gasteiger partial charge on any atom is 0.342 e. The molecule has 0 unspecified atom stereocenters. The topological polar surface area (TPSA) is 110 Å². The van der Waals surface area contributed by atoms with Crippen LogP contribution in [0.5, 0.6) is 5.75 Å². The van der Waals surface area contributed by atoms with E-state index >= 15 is 0 Å². The predicted octanol–water partition coefficient (Wildman–Crippen LogP) is 6.42. The number of amides is 1. The van der Waals surface area contributed by atoms with Crippen molar-refractivity contribution in [1.29, 1.82) is 0 Å². The molecule has 0 fully saturated rings. The summed E-state index contributed by atoms with van der Waals surface area (Å²) in [7, 11) is -4.36. The molecule has 0 aliphatic heterocycles. The van der Waals surface area contributed by atoms with Crippen molar-refractivity contribution in [2.75, 3.05) is 10.6 Å². The predicted molar refractivity (Wildman–Crippen MR) is 148 cm³/mol. The molecule has 0 saturated heterocycles. The van der Waals surface area contributed by atoms with E-state index in [1.54, 1.807) is 24.5 Å². The maximum atomic E-state index is 13.9. The standard InChI is InChI=1S/C28H21FN4O4S2/c1-18-8-11-21(15-24(18)32-28-33-25(17-38-28)20-5-4-14-30-16-20)31-27(34)19-9-12-22(13-10-19)37-39(35,36)26-7-3-2-6-23(26)29/h2-17H,1H3,(H,31,34)(H,32,33). The Kier molecular flexibility index (Phi) is 7.35. The van der Waals surface area contributed by atoms with Crippen molar-refractivity contribution < 1.29 is 21.8 Å². The highest BCUT2D eigenvalue weighted by atomic mass is 32.2. The molecular weight excluding hydrogens is 539 g/mol. The van der Waals surface area contributed by atoms with Gasteiger partial charge in [-0.25, -0.2) is 9.37 Å². The lowest BCUT2D eigenvalue weighted by molar-refractivity contribution is 0.102. The molecule has 0 atom stereocenters. The summed E-state index contributed by atoms with van der Waals surface area (Å²) in [6.07, 6.45) is 3.46. The van der Waals surface area contributed by atoms with E-state index in [-0.39, 0.29) is 11.3 Å². The molecular formula is C28H21FN4O4S2. The number of hydrogen-bond acceptors (Lipinski definition) is 8. The third-order valence-corrected chi connectivity index (χ3v) is 7.67. The molecule has 39 heavy (non-hydrogen) atoms. The Morgan fingerprint density at radius 2 is 1.79 bits per heavy atom. The molecule has 3 aromatic carbocycles. The highest BCUT2D eigenvalue weighted by Crippen LogP contribution is 2.30. The normalized spacial score (nSPS) is 11.1. The Bertz CT molecular complexity index is 1740. The summed E-state index contributed by atoms with van der Waals surface area (Å²) in [4.78, 5) is 21.0. The van der Waals surface area contributed by atoms with Crippen molar-refractivity contribution in [3.8, 4) is 17.0 Å². The lowest BCUT2D eigenvalue weighted by Crippen LogP contribution is -2.13. The number of pyridine rings is 1. The summed E-state index contributed by atoms with van der Waals surface area (Å²) in [6.45, 7) is 1.94. The molecule has 1 amide bonds. The lowest BCUT2D eigenvalue weighted by Gasteiger charge is -2.11. The first-order chi connectivity index (χ1) is 18.8. The van der Waals surface area contributed by atoms with Crippen molar-refractivity contribution in [2.24, 2.45) is 0 Å². The molecule has 8 nitrogen and oxygen atoms in total. The first-order valence-electron chi connectivity index (χ1n) is 11.6. The quantitative estimate of drug-likeness (QED) is 0.211. The van der Waals surface area contributed by atoms with Crippen molar-refractivity contribution in [1.82, 2.24) is 9.97 Å². The first-order valence-corrected chi connectivity index (χ1v) is 13.9. The number of anilines is 3. The zero-order valence-electron chi connectivity index (χ0n) is 20.5. The molecule has 0 saturated carbocycles. The van der Waals surface area contributed by atoms with E-state index < -0.39 is 26.7 Å². The van der Waals surface area contributed by atoms with Gasteiger partial charge >= 0.3 is 10.1 Å². The Morgan fingerprint density at radius 3 is 2.54 bits per heavy atom. The number of aromatic nitrogens is 2. The Hall–Kier alpha value is -4.61. The first kappa shape index (κ1) is 26.0. The van der Waals surface area contributed by atoms with Gasteiger partial charge in [0.15, 0.2) is 5.13 Å². The minimum atomic E-state index is -4.36. The van der Waals surface area contributed by atoms with Crippen LogP contribution < -0.4 is 14.8 Å². The molecule has 196 valence electrons. The van der Waals surface area contributed by atoms with Gasteiger partial charge in [0.2, 0.25) is 0 Å². The van der Waals surface area contributed by atoms with Crippen LogP contribution in [-0.4, -0.2) is 24.3 Å². The third kappa shape index (κ3) is 6.11. The molecule has 11 heteroatoms. The van der Waals surface area contributed by atoms with Gasteiger partial charge in [-0.3, -0.25) is 9.78 Å². The molecule has 2 aromatic heterocycles. The number of thiazole rings is 1. The number of nitrogens with zero attached hydrogens (tertiary/aromatic N) is 2. The molecule has 0 aliphatic rings. The van der Waals surface area contributed by atoms with E-state index in [1.165, 1.54) is 47.7 Å². The fourth-order valence-corrected chi connectivity index (χ4v) is 5.35. The van der Waals surface area contributed by atoms with Gasteiger partial charge in [-0.2, -0.15) is 8.42 Å². The van der Waals surface area contributed by atoms with Gasteiger partial charge in [0.1, 0.15) is 16.5 Å². The number of carbonyl (C=O) groups excluding carboxylic acids is 1. The highest BCUT2D eigenvalue weighted by Gasteiger charge is 2.21. The van der Waals surface area contributed by atoms with Crippen LogP contribution >= 0.6 is 11.3 Å². The number of halogens is 1. The third-order valence-electron chi connectivity index (χ3n) is 5.63. The van der Waals surface area contributed by atoms with Gasteiger partial charge in [0.05, 0.1) is 5.69 Å². The van der Waals surface area contributed by atoms with Gasteiger partial charge < -0.3 is 14.8 Å². The van der Waals surface area contributed by atoms with Gasteiger partial charge in [0, 0.05) is 40.3 Å². The van der Waals surface area contributed by atoms with Crippen molar-refractivity contribution in [3.63, 3.8) is 0 Å². The van der Waals surface area contributed by atoms with Crippen LogP contribution in [0.4, 0.5) is 20.9 Å². The minimum absolute atomic E-state index is 0.0503. The van der Waals surface area contributed by atoms with Gasteiger partial charge in [-0.05, 0) is 73.2 Å². The van der Waals surface area contributed by atoms with Crippen LogP contribution in [0.3, 0.4) is 0 Å². The van der Waals surface area contributed by atoms with E-state index in [2.05, 4.69) is 20.6 Å². The number of nitrogens with one attached hydrogen (secondary N) is 2. The summed E-state index contributed by atoms with van der Waals surface area (Å²) in [5.74, 6) is -1.36. The molecule has 0 radical (unpaired) electrons. The fraction of sp³-hybridized carbons (Fsp3) is 0.0357. The van der Waals surface area contributed by atoms with Crippen molar-refractivity contribution in [3.05, 3.63) is 114 Å². The zero-order valence-corrected chi connectivity index (χ0v) is 22.1. The number of benzene rings is 3. The van der Waals surface area contributed by atoms with Crippen LogP contribution in [0.15, 0.2) is 102 Å². The van der Waals surface area contributed by atoms with Gasteiger partial charge in [0.25, 0.3) is 5.91 Å². The Labute approximate surface area is 228 Å². The number of aryl methyl sites for hydroxylation is 1. The van der Waals surface area contributed by atoms with Crippen LogP contribution in [0.1, 0.15) is 15.9 Å². The van der Waals surface area contributed by atoms with E-state index in [9.17, 15) is 17.6 Å². The van der Waals surface area contributed by atoms with Gasteiger partial charge in [-0.15, -0.1) is 11.3 Å². The maximum absolute atomic E-state index is 13.9. The highest BCUT2D eigenvalue weighted by molar-refractivity contribution is 7.87. The smallest absolute Gasteiger partial charge is 0.342 e. The van der Waals surface area contributed by atoms with Crippen LogP contribution in [0.25, 0.3) is 11.3 Å². The Morgan fingerprint density at radius 1 is 1.00 bits per heavy atom. The van der Waals surface area contributed by atoms with Crippen LogP contribution in [-0.2, 0) is 10.1 Å². The monoisotopic (exact) mass is 560 g/mol. The summed E-state index contributed by atoms with van der Waals surface area (Å²) in [5, 5.41) is 8.76. The zero-order chi connectivity index (χ0) is 27.4. The number of rotatable bonds is 8. The van der Waals surface area contributed by atoms with Crippen LogP contribution in [0.2, 0.25) is 0 Å². The Balaban J connectivity index is 1.26.